The lowest BCUT2D eigenvalue weighted by molar-refractivity contribution is 0.0497. The Balaban J connectivity index is 1.64. The van der Waals surface area contributed by atoms with Crippen LogP contribution in [0.4, 0.5) is 5.69 Å². The Kier molecular flexibility index (Phi) is 11.4. The van der Waals surface area contributed by atoms with Crippen molar-refractivity contribution >= 4 is 17.4 Å². The summed E-state index contributed by atoms with van der Waals surface area (Å²) in [6.45, 7) is 2.70. The lowest BCUT2D eigenvalue weighted by Gasteiger charge is -2.07. The first-order valence-electron chi connectivity index (χ1n) is 11.8. The lowest BCUT2D eigenvalue weighted by atomic mass is 10.0. The summed E-state index contributed by atoms with van der Waals surface area (Å²) in [6.07, 6.45) is 12.5. The number of hydrogen-bond donors (Lipinski definition) is 1. The number of carbonyl (C=O) groups excluding carboxylic acids is 2. The maximum absolute atomic E-state index is 12.6. The van der Waals surface area contributed by atoms with Crippen molar-refractivity contribution < 1.29 is 14.3 Å². The highest BCUT2D eigenvalue weighted by atomic mass is 16.5. The van der Waals surface area contributed by atoms with Gasteiger partial charge in [0.05, 0.1) is 12.2 Å². The third-order valence-electron chi connectivity index (χ3n) is 5.55. The van der Waals surface area contributed by atoms with Gasteiger partial charge in [-0.1, -0.05) is 76.8 Å². The van der Waals surface area contributed by atoms with Crippen LogP contribution < -0.4 is 5.32 Å². The highest BCUT2D eigenvalue weighted by Gasteiger charge is 2.11. The van der Waals surface area contributed by atoms with Gasteiger partial charge in [-0.05, 0) is 42.8 Å². The fraction of sp³-hybridized carbons (Fsp3) is 0.481. The molecule has 0 unspecified atom stereocenters. The smallest absolute Gasteiger partial charge is 0.338 e. The first-order chi connectivity index (χ1) is 15.2. The molecule has 2 rings (SSSR count). The third-order valence-corrected chi connectivity index (χ3v) is 5.55. The van der Waals surface area contributed by atoms with Crippen LogP contribution in [0.1, 0.15) is 97.4 Å². The molecule has 168 valence electrons. The molecule has 1 N–H and O–H groups in total. The average Bonchev–Trinajstić information content (AvgIpc) is 2.82. The van der Waals surface area contributed by atoms with E-state index in [1.165, 1.54) is 51.4 Å². The first kappa shape index (κ1) is 24.6. The molecule has 0 aliphatic carbocycles. The molecule has 0 atom stereocenters. The van der Waals surface area contributed by atoms with Gasteiger partial charge < -0.3 is 10.1 Å². The van der Waals surface area contributed by atoms with Crippen molar-refractivity contribution in [3.05, 3.63) is 65.2 Å². The van der Waals surface area contributed by atoms with E-state index in [-0.39, 0.29) is 11.8 Å². The first-order valence-corrected chi connectivity index (χ1v) is 11.8. The summed E-state index contributed by atoms with van der Waals surface area (Å²) in [5.74, 6) is -0.388. The van der Waals surface area contributed by atoms with Gasteiger partial charge in [0.2, 0.25) is 0 Å². The summed E-state index contributed by atoms with van der Waals surface area (Å²) in [5.41, 5.74) is 2.62. The molecule has 0 aliphatic rings. The van der Waals surface area contributed by atoms with E-state index in [2.05, 4.69) is 12.2 Å². The zero-order valence-corrected chi connectivity index (χ0v) is 19.1. The SMILES string of the molecule is CCCCCCCCCCCCOC(=O)c1ccc(C(=O)c2ccc(NC)cc2)cc1. The fourth-order valence-electron chi connectivity index (χ4n) is 3.55. The summed E-state index contributed by atoms with van der Waals surface area (Å²) in [5, 5.41) is 3.03. The van der Waals surface area contributed by atoms with Gasteiger partial charge >= 0.3 is 5.97 Å². The van der Waals surface area contributed by atoms with E-state index >= 15 is 0 Å². The van der Waals surface area contributed by atoms with Crippen molar-refractivity contribution in [1.29, 1.82) is 0 Å². The quantitative estimate of drug-likeness (QED) is 0.190. The predicted molar refractivity (Wildman–Crippen MR) is 128 cm³/mol. The Morgan fingerprint density at radius 3 is 1.65 bits per heavy atom. The molecule has 0 saturated carbocycles. The number of unbranched alkanes of at least 4 members (excludes halogenated alkanes) is 9. The highest BCUT2D eigenvalue weighted by Crippen LogP contribution is 2.15. The van der Waals surface area contributed by atoms with Crippen molar-refractivity contribution in [1.82, 2.24) is 0 Å². The number of rotatable bonds is 15. The number of ether oxygens (including phenoxy) is 1. The van der Waals surface area contributed by atoms with Crippen LogP contribution >= 0.6 is 0 Å². The third kappa shape index (κ3) is 8.95. The van der Waals surface area contributed by atoms with E-state index in [1.807, 2.05) is 19.2 Å². The molecule has 0 fully saturated rings. The molecule has 2 aromatic rings. The maximum atomic E-state index is 12.6. The van der Waals surface area contributed by atoms with Gasteiger partial charge in [-0.25, -0.2) is 4.79 Å². The molecule has 0 heterocycles. The topological polar surface area (TPSA) is 55.4 Å². The van der Waals surface area contributed by atoms with Crippen molar-refractivity contribution in [2.24, 2.45) is 0 Å². The van der Waals surface area contributed by atoms with Crippen molar-refractivity contribution in [2.45, 2.75) is 71.1 Å². The van der Waals surface area contributed by atoms with Crippen LogP contribution in [0, 0.1) is 0 Å². The molecule has 0 radical (unpaired) electrons. The second kappa shape index (κ2) is 14.4. The molecule has 4 nitrogen and oxygen atoms in total. The zero-order valence-electron chi connectivity index (χ0n) is 19.1. The largest absolute Gasteiger partial charge is 0.462 e. The van der Waals surface area contributed by atoms with Crippen LogP contribution in [0.3, 0.4) is 0 Å². The molecule has 0 spiro atoms. The minimum atomic E-state index is -0.326. The summed E-state index contributed by atoms with van der Waals surface area (Å²) >= 11 is 0. The molecule has 0 aliphatic heterocycles. The van der Waals surface area contributed by atoms with E-state index in [0.29, 0.717) is 23.3 Å². The lowest BCUT2D eigenvalue weighted by Crippen LogP contribution is -2.07. The van der Waals surface area contributed by atoms with Gasteiger partial charge in [0, 0.05) is 23.9 Å². The van der Waals surface area contributed by atoms with Crippen LogP contribution in [0.2, 0.25) is 0 Å². The van der Waals surface area contributed by atoms with Crippen LogP contribution in [0.15, 0.2) is 48.5 Å². The normalized spacial score (nSPS) is 10.6. The standard InChI is InChI=1S/C27H37NO3/c1-3-4-5-6-7-8-9-10-11-12-21-31-27(30)24-15-13-22(14-16-24)26(29)23-17-19-25(28-2)20-18-23/h13-20,28H,3-12,21H2,1-2H3. The van der Waals surface area contributed by atoms with Gasteiger partial charge in [0.1, 0.15) is 0 Å². The van der Waals surface area contributed by atoms with Crippen molar-refractivity contribution in [3.8, 4) is 0 Å². The van der Waals surface area contributed by atoms with Gasteiger partial charge in [0.15, 0.2) is 5.78 Å². The highest BCUT2D eigenvalue weighted by molar-refractivity contribution is 6.09. The molecule has 2 aromatic carbocycles. The number of anilines is 1. The van der Waals surface area contributed by atoms with Gasteiger partial charge in [-0.15, -0.1) is 0 Å². The molecule has 0 saturated heterocycles. The molecule has 0 bridgehead atoms. The zero-order chi connectivity index (χ0) is 22.3. The number of hydrogen-bond acceptors (Lipinski definition) is 4. The van der Waals surface area contributed by atoms with Crippen molar-refractivity contribution in [2.75, 3.05) is 19.0 Å². The summed E-state index contributed by atoms with van der Waals surface area (Å²) in [4.78, 5) is 24.8. The number of ketones is 1. The minimum Gasteiger partial charge on any atom is -0.462 e. The van der Waals surface area contributed by atoms with Gasteiger partial charge in [-0.3, -0.25) is 4.79 Å². The van der Waals surface area contributed by atoms with E-state index in [9.17, 15) is 9.59 Å². The van der Waals surface area contributed by atoms with Crippen LogP contribution in [-0.2, 0) is 4.74 Å². The monoisotopic (exact) mass is 423 g/mol. The van der Waals surface area contributed by atoms with Gasteiger partial charge in [0.25, 0.3) is 0 Å². The summed E-state index contributed by atoms with van der Waals surface area (Å²) in [7, 11) is 1.84. The van der Waals surface area contributed by atoms with E-state index < -0.39 is 0 Å². The van der Waals surface area contributed by atoms with E-state index in [1.54, 1.807) is 36.4 Å². The second-order valence-corrected chi connectivity index (χ2v) is 8.05. The Morgan fingerprint density at radius 1 is 0.677 bits per heavy atom. The van der Waals surface area contributed by atoms with Crippen LogP contribution in [-0.4, -0.2) is 25.4 Å². The fourth-order valence-corrected chi connectivity index (χ4v) is 3.55. The molecule has 4 heteroatoms. The van der Waals surface area contributed by atoms with Crippen molar-refractivity contribution in [3.63, 3.8) is 0 Å². The van der Waals surface area contributed by atoms with E-state index in [4.69, 9.17) is 4.74 Å². The molecular formula is C27H37NO3. The van der Waals surface area contributed by atoms with Crippen LogP contribution in [0.25, 0.3) is 0 Å². The van der Waals surface area contributed by atoms with Crippen LogP contribution in [0.5, 0.6) is 0 Å². The molecule has 0 amide bonds. The molecule has 31 heavy (non-hydrogen) atoms. The Bertz CT molecular complexity index is 781. The summed E-state index contributed by atoms with van der Waals surface area (Å²) in [6, 6.07) is 14.0. The number of carbonyl (C=O) groups is 2. The Labute approximate surface area is 187 Å². The van der Waals surface area contributed by atoms with E-state index in [0.717, 1.165) is 18.5 Å². The maximum Gasteiger partial charge on any atom is 0.338 e. The molecule has 0 aromatic heterocycles. The summed E-state index contributed by atoms with van der Waals surface area (Å²) < 4.78 is 5.38. The average molecular weight is 424 g/mol. The Hall–Kier alpha value is -2.62. The number of esters is 1. The van der Waals surface area contributed by atoms with Gasteiger partial charge in [-0.2, -0.15) is 0 Å². The molecular weight excluding hydrogens is 386 g/mol. The number of benzene rings is 2. The number of nitrogens with one attached hydrogen (secondary N) is 1. The second-order valence-electron chi connectivity index (χ2n) is 8.05. The minimum absolute atomic E-state index is 0.0621. The Morgan fingerprint density at radius 2 is 1.13 bits per heavy atom. The predicted octanol–water partition coefficient (Wildman–Crippen LogP) is 7.04.